The molecule has 5 atom stereocenters. The maximum absolute atomic E-state index is 13.4. The molecule has 0 saturated carbocycles. The van der Waals surface area contributed by atoms with Gasteiger partial charge in [0.05, 0.1) is 34.2 Å². The zero-order chi connectivity index (χ0) is 24.5. The van der Waals surface area contributed by atoms with E-state index < -0.39 is 30.4 Å². The Kier molecular flexibility index (Phi) is 3.88. The average Bonchev–Trinajstić information content (AvgIpc) is 3.48. The number of para-hydroxylation sites is 2. The first-order valence-electron chi connectivity index (χ1n) is 12.1. The SMILES string of the molecule is CO[C@@H]1[C@H](NO)C[C@H]2O[C@]1(O)n1c3ccccc3c3c4c(c5c6ccccc6n2c5c31)C(=O)C[C@H]4O. The van der Waals surface area contributed by atoms with Gasteiger partial charge in [0.25, 0.3) is 5.91 Å². The second-order valence-corrected chi connectivity index (χ2v) is 9.98. The van der Waals surface area contributed by atoms with Crippen molar-refractivity contribution in [2.24, 2.45) is 0 Å². The molecule has 3 aliphatic rings. The van der Waals surface area contributed by atoms with Gasteiger partial charge in [-0.1, -0.05) is 36.4 Å². The number of hydroxylamine groups is 1. The highest BCUT2D eigenvalue weighted by Gasteiger charge is 2.55. The van der Waals surface area contributed by atoms with E-state index in [1.54, 1.807) is 4.57 Å². The second kappa shape index (κ2) is 6.71. The van der Waals surface area contributed by atoms with Crippen LogP contribution in [0.1, 0.15) is 41.1 Å². The molecule has 2 aliphatic heterocycles. The third-order valence-electron chi connectivity index (χ3n) is 8.32. The van der Waals surface area contributed by atoms with E-state index in [0.29, 0.717) is 28.6 Å². The Morgan fingerprint density at radius 2 is 1.75 bits per heavy atom. The fraction of sp³-hybridized carbons (Fsp3) is 0.296. The van der Waals surface area contributed by atoms with E-state index in [9.17, 15) is 20.2 Å². The van der Waals surface area contributed by atoms with E-state index in [2.05, 4.69) is 5.48 Å². The molecular weight excluding hydrogens is 462 g/mol. The van der Waals surface area contributed by atoms with Crippen LogP contribution < -0.4 is 5.48 Å². The number of nitrogens with zero attached hydrogens (tertiary/aromatic N) is 2. The van der Waals surface area contributed by atoms with Crippen molar-refractivity contribution in [2.75, 3.05) is 7.11 Å². The molecule has 9 nitrogen and oxygen atoms in total. The Labute approximate surface area is 204 Å². The molecule has 4 heterocycles. The monoisotopic (exact) mass is 485 g/mol. The number of carbonyl (C=O) groups is 1. The van der Waals surface area contributed by atoms with Crippen molar-refractivity contribution in [3.63, 3.8) is 0 Å². The molecule has 36 heavy (non-hydrogen) atoms. The van der Waals surface area contributed by atoms with Crippen molar-refractivity contribution in [3.8, 4) is 0 Å². The van der Waals surface area contributed by atoms with Gasteiger partial charge in [0.2, 0.25) is 0 Å². The molecule has 1 fully saturated rings. The van der Waals surface area contributed by atoms with Gasteiger partial charge in [-0.2, -0.15) is 5.48 Å². The van der Waals surface area contributed by atoms with Gasteiger partial charge in [-0.3, -0.25) is 9.36 Å². The summed E-state index contributed by atoms with van der Waals surface area (Å²) in [7, 11) is 1.47. The van der Waals surface area contributed by atoms with Crippen molar-refractivity contribution in [1.82, 2.24) is 14.6 Å². The molecule has 0 unspecified atom stereocenters. The number of aliphatic hydroxyl groups is 2. The standard InChI is InChI=1S/C27H23N3O6/c1-35-26-14(28-34)10-19-29-15-8-4-2-6-12(15)20-22-17(31)11-18(32)23(22)21-13-7-3-5-9-16(13)30(25(21)24(20)29)27(26,33)36-19/h2-9,14,18-19,26,28,32-34H,10-11H2,1H3/t14-,18-,19-,26-,27+/m1/s1. The number of fused-ring (bicyclic) bond motifs is 13. The summed E-state index contributed by atoms with van der Waals surface area (Å²) >= 11 is 0. The molecule has 1 aliphatic carbocycles. The minimum Gasteiger partial charge on any atom is -0.388 e. The number of aromatic nitrogens is 2. The molecule has 5 aromatic rings. The van der Waals surface area contributed by atoms with Gasteiger partial charge < -0.3 is 29.5 Å². The zero-order valence-corrected chi connectivity index (χ0v) is 19.3. The van der Waals surface area contributed by atoms with Crippen molar-refractivity contribution in [2.45, 2.75) is 43.2 Å². The molecule has 0 amide bonds. The largest absolute Gasteiger partial charge is 0.388 e. The first-order chi connectivity index (χ1) is 17.5. The first-order valence-corrected chi connectivity index (χ1v) is 12.1. The van der Waals surface area contributed by atoms with Crippen LogP contribution in [-0.2, 0) is 15.4 Å². The summed E-state index contributed by atoms with van der Waals surface area (Å²) in [6.45, 7) is 0. The Balaban J connectivity index is 1.73. The lowest BCUT2D eigenvalue weighted by Crippen LogP contribution is -2.61. The molecule has 0 spiro atoms. The van der Waals surface area contributed by atoms with E-state index in [-0.39, 0.29) is 12.2 Å². The van der Waals surface area contributed by atoms with Crippen LogP contribution in [0.4, 0.5) is 0 Å². The molecule has 3 aromatic carbocycles. The van der Waals surface area contributed by atoms with Crippen LogP contribution >= 0.6 is 0 Å². The fourth-order valence-corrected chi connectivity index (χ4v) is 7.07. The molecular formula is C27H23N3O6. The van der Waals surface area contributed by atoms with Crippen molar-refractivity contribution in [1.29, 1.82) is 0 Å². The molecule has 8 rings (SSSR count). The number of hydrogen-bond acceptors (Lipinski definition) is 7. The smallest absolute Gasteiger partial charge is 0.284 e. The topological polar surface area (TPSA) is 118 Å². The van der Waals surface area contributed by atoms with Crippen LogP contribution in [0.5, 0.6) is 0 Å². The highest BCUT2D eigenvalue weighted by atomic mass is 16.7. The minimum atomic E-state index is -1.99. The van der Waals surface area contributed by atoms with Crippen LogP contribution in [0.15, 0.2) is 48.5 Å². The Hall–Kier alpha value is -3.31. The number of methoxy groups -OCH3 is 1. The predicted octanol–water partition coefficient (Wildman–Crippen LogP) is 3.42. The number of benzene rings is 3. The molecule has 1 saturated heterocycles. The van der Waals surface area contributed by atoms with Gasteiger partial charge in [-0.25, -0.2) is 0 Å². The molecule has 2 bridgehead atoms. The Morgan fingerprint density at radius 1 is 1.06 bits per heavy atom. The summed E-state index contributed by atoms with van der Waals surface area (Å²) in [5.41, 5.74) is 6.40. The number of Topliss-reactive ketones (excluding diaryl/α,β-unsaturated/α-hetero) is 1. The lowest BCUT2D eigenvalue weighted by atomic mass is 9.96. The molecule has 2 aromatic heterocycles. The molecule has 182 valence electrons. The van der Waals surface area contributed by atoms with Crippen molar-refractivity contribution in [3.05, 3.63) is 59.7 Å². The predicted molar refractivity (Wildman–Crippen MR) is 131 cm³/mol. The quantitative estimate of drug-likeness (QED) is 0.283. The van der Waals surface area contributed by atoms with Gasteiger partial charge in [0.1, 0.15) is 12.3 Å². The maximum atomic E-state index is 13.4. The number of ketones is 1. The van der Waals surface area contributed by atoms with Crippen LogP contribution in [0.3, 0.4) is 0 Å². The third-order valence-corrected chi connectivity index (χ3v) is 8.32. The molecule has 4 N–H and O–H groups in total. The summed E-state index contributed by atoms with van der Waals surface area (Å²) in [4.78, 5) is 13.4. The summed E-state index contributed by atoms with van der Waals surface area (Å²) in [5, 5.41) is 36.8. The number of hydrogen-bond donors (Lipinski definition) is 4. The van der Waals surface area contributed by atoms with E-state index in [1.807, 2.05) is 53.1 Å². The number of nitrogens with one attached hydrogen (secondary N) is 1. The summed E-state index contributed by atoms with van der Waals surface area (Å²) < 4.78 is 16.0. The number of ether oxygens (including phenoxy) is 2. The van der Waals surface area contributed by atoms with Crippen LogP contribution in [0.2, 0.25) is 0 Å². The summed E-state index contributed by atoms with van der Waals surface area (Å²) in [5.74, 6) is -2.09. The van der Waals surface area contributed by atoms with Gasteiger partial charge in [-0.05, 0) is 12.1 Å². The Morgan fingerprint density at radius 3 is 2.47 bits per heavy atom. The van der Waals surface area contributed by atoms with Crippen molar-refractivity contribution < 1.29 is 29.7 Å². The number of rotatable bonds is 2. The van der Waals surface area contributed by atoms with E-state index in [1.165, 1.54) is 7.11 Å². The van der Waals surface area contributed by atoms with Crippen LogP contribution in [-0.4, -0.2) is 49.6 Å². The maximum Gasteiger partial charge on any atom is 0.284 e. The van der Waals surface area contributed by atoms with Gasteiger partial charge in [0, 0.05) is 52.6 Å². The summed E-state index contributed by atoms with van der Waals surface area (Å²) in [6, 6.07) is 14.7. The van der Waals surface area contributed by atoms with Crippen LogP contribution in [0, 0.1) is 0 Å². The molecule has 0 radical (unpaired) electrons. The minimum absolute atomic E-state index is 0.0178. The van der Waals surface area contributed by atoms with Gasteiger partial charge >= 0.3 is 0 Å². The highest BCUT2D eigenvalue weighted by molar-refractivity contribution is 6.31. The number of aliphatic hydroxyl groups excluding tert-OH is 1. The van der Waals surface area contributed by atoms with E-state index in [0.717, 1.165) is 32.6 Å². The third kappa shape index (κ3) is 2.17. The number of carbonyl (C=O) groups excluding carboxylic acids is 1. The average molecular weight is 485 g/mol. The zero-order valence-electron chi connectivity index (χ0n) is 19.3. The van der Waals surface area contributed by atoms with Crippen molar-refractivity contribution >= 4 is 49.4 Å². The fourth-order valence-electron chi connectivity index (χ4n) is 7.07. The first kappa shape index (κ1) is 20.8. The summed E-state index contributed by atoms with van der Waals surface area (Å²) in [6.07, 6.45) is -2.26. The lowest BCUT2D eigenvalue weighted by molar-refractivity contribution is -0.372. The lowest BCUT2D eigenvalue weighted by Gasteiger charge is -2.46. The Bertz CT molecular complexity index is 1790. The van der Waals surface area contributed by atoms with E-state index >= 15 is 0 Å². The van der Waals surface area contributed by atoms with Crippen LogP contribution in [0.25, 0.3) is 43.6 Å². The van der Waals surface area contributed by atoms with Gasteiger partial charge in [0.15, 0.2) is 5.78 Å². The van der Waals surface area contributed by atoms with E-state index in [4.69, 9.17) is 9.47 Å². The highest BCUT2D eigenvalue weighted by Crippen LogP contribution is 2.54. The normalized spacial score (nSPS) is 29.2. The van der Waals surface area contributed by atoms with Gasteiger partial charge in [-0.15, -0.1) is 0 Å². The molecule has 9 heteroatoms. The second-order valence-electron chi connectivity index (χ2n) is 9.98.